The van der Waals surface area contributed by atoms with Gasteiger partial charge in [-0.3, -0.25) is 0 Å². The summed E-state index contributed by atoms with van der Waals surface area (Å²) in [5.41, 5.74) is 0. The highest BCUT2D eigenvalue weighted by atomic mass is 79.9. The number of ether oxygens (including phenoxy) is 1. The number of alkyl halides is 4. The van der Waals surface area contributed by atoms with E-state index in [1.54, 1.807) is 0 Å². The van der Waals surface area contributed by atoms with Crippen LogP contribution in [0.1, 0.15) is 32.1 Å². The van der Waals surface area contributed by atoms with E-state index in [4.69, 9.17) is 0 Å². The largest absolute Gasteiger partial charge is 0.411 e. The van der Waals surface area contributed by atoms with Crippen LogP contribution in [0.4, 0.5) is 13.2 Å². The highest BCUT2D eigenvalue weighted by Gasteiger charge is 2.28. The summed E-state index contributed by atoms with van der Waals surface area (Å²) in [4.78, 5) is 2.74. The van der Waals surface area contributed by atoms with E-state index in [1.165, 1.54) is 19.3 Å². The Kier molecular flexibility index (Phi) is 6.95. The third-order valence-electron chi connectivity index (χ3n) is 3.28. The van der Waals surface area contributed by atoms with Gasteiger partial charge in [0.25, 0.3) is 0 Å². The molecule has 0 aliphatic heterocycles. The zero-order chi connectivity index (χ0) is 13.6. The summed E-state index contributed by atoms with van der Waals surface area (Å²) < 4.78 is 40.1. The molecule has 2 nitrogen and oxygen atoms in total. The van der Waals surface area contributed by atoms with Crippen LogP contribution < -0.4 is 0 Å². The van der Waals surface area contributed by atoms with E-state index >= 15 is 0 Å². The van der Waals surface area contributed by atoms with Crippen molar-refractivity contribution in [2.75, 3.05) is 26.8 Å². The second-order valence-corrected chi connectivity index (χ2v) is 6.05. The van der Waals surface area contributed by atoms with Crippen LogP contribution in [-0.4, -0.2) is 48.8 Å². The first-order chi connectivity index (χ1) is 8.40. The first-order valence-corrected chi connectivity index (χ1v) is 7.30. The minimum Gasteiger partial charge on any atom is -0.372 e. The monoisotopic (exact) mass is 331 g/mol. The van der Waals surface area contributed by atoms with Gasteiger partial charge in [-0.25, -0.2) is 0 Å². The van der Waals surface area contributed by atoms with Crippen molar-refractivity contribution in [3.63, 3.8) is 0 Å². The van der Waals surface area contributed by atoms with E-state index in [-0.39, 0.29) is 6.61 Å². The third-order valence-corrected chi connectivity index (χ3v) is 4.35. The molecule has 0 N–H and O–H groups in total. The Labute approximate surface area is 115 Å². The van der Waals surface area contributed by atoms with Crippen LogP contribution in [0.3, 0.4) is 0 Å². The van der Waals surface area contributed by atoms with E-state index in [9.17, 15) is 13.2 Å². The Morgan fingerprint density at radius 1 is 1.28 bits per heavy atom. The second kappa shape index (κ2) is 7.70. The average molecular weight is 332 g/mol. The van der Waals surface area contributed by atoms with Gasteiger partial charge in [0, 0.05) is 24.0 Å². The molecule has 0 aromatic rings. The molecule has 0 heterocycles. The van der Waals surface area contributed by atoms with Gasteiger partial charge in [0.2, 0.25) is 0 Å². The fraction of sp³-hybridized carbons (Fsp3) is 1.00. The van der Waals surface area contributed by atoms with Crippen molar-refractivity contribution in [3.8, 4) is 0 Å². The van der Waals surface area contributed by atoms with Gasteiger partial charge < -0.3 is 9.64 Å². The number of halogens is 4. The molecule has 0 aromatic heterocycles. The topological polar surface area (TPSA) is 12.5 Å². The molecule has 2 unspecified atom stereocenters. The summed E-state index contributed by atoms with van der Waals surface area (Å²) in [6.07, 6.45) is 1.27. The maximum absolute atomic E-state index is 11.8. The molecule has 0 bridgehead atoms. The van der Waals surface area contributed by atoms with Crippen molar-refractivity contribution in [2.45, 2.75) is 49.1 Å². The zero-order valence-electron chi connectivity index (χ0n) is 10.7. The normalized spacial score (nSPS) is 25.7. The molecule has 6 heteroatoms. The van der Waals surface area contributed by atoms with Gasteiger partial charge in [0.05, 0.1) is 0 Å². The molecule has 0 saturated heterocycles. The van der Waals surface area contributed by atoms with Crippen LogP contribution >= 0.6 is 15.9 Å². The maximum Gasteiger partial charge on any atom is 0.411 e. The molecule has 1 fully saturated rings. The number of hydrogen-bond acceptors (Lipinski definition) is 2. The maximum atomic E-state index is 11.8. The molecular weight excluding hydrogens is 311 g/mol. The van der Waals surface area contributed by atoms with Gasteiger partial charge >= 0.3 is 6.18 Å². The number of nitrogens with zero attached hydrogens (tertiary/aromatic N) is 1. The minimum atomic E-state index is -4.21. The standard InChI is InChI=1S/C12H21BrF3NO/c1-17(11-6-3-2-5-10(11)13)7-4-8-18-9-12(14,15)16/h10-11H,2-9H2,1H3. The lowest BCUT2D eigenvalue weighted by molar-refractivity contribution is -0.174. The Balaban J connectivity index is 2.11. The summed E-state index contributed by atoms with van der Waals surface area (Å²) in [5, 5.41) is 0. The van der Waals surface area contributed by atoms with Gasteiger partial charge in [-0.1, -0.05) is 28.8 Å². The molecular formula is C12H21BrF3NO. The van der Waals surface area contributed by atoms with Crippen LogP contribution in [0.15, 0.2) is 0 Å². The molecule has 0 spiro atoms. The molecule has 108 valence electrons. The summed E-state index contributed by atoms with van der Waals surface area (Å²) in [5.74, 6) is 0. The van der Waals surface area contributed by atoms with Crippen molar-refractivity contribution >= 4 is 15.9 Å². The van der Waals surface area contributed by atoms with E-state index in [1.807, 2.05) is 7.05 Å². The Morgan fingerprint density at radius 2 is 1.94 bits per heavy atom. The van der Waals surface area contributed by atoms with Crippen LogP contribution in [-0.2, 0) is 4.74 Å². The average Bonchev–Trinajstić information content (AvgIpc) is 2.27. The van der Waals surface area contributed by atoms with Gasteiger partial charge in [-0.15, -0.1) is 0 Å². The minimum absolute atomic E-state index is 0.170. The van der Waals surface area contributed by atoms with Crippen molar-refractivity contribution in [1.82, 2.24) is 4.90 Å². The molecule has 1 aliphatic rings. The predicted molar refractivity (Wildman–Crippen MR) is 69.1 cm³/mol. The van der Waals surface area contributed by atoms with Gasteiger partial charge in [0.1, 0.15) is 6.61 Å². The quantitative estimate of drug-likeness (QED) is 0.544. The number of hydrogen-bond donors (Lipinski definition) is 0. The van der Waals surface area contributed by atoms with E-state index in [2.05, 4.69) is 25.6 Å². The van der Waals surface area contributed by atoms with Crippen LogP contribution in [0.2, 0.25) is 0 Å². The van der Waals surface area contributed by atoms with Crippen LogP contribution in [0.25, 0.3) is 0 Å². The molecule has 0 amide bonds. The van der Waals surface area contributed by atoms with Gasteiger partial charge in [-0.2, -0.15) is 13.2 Å². The van der Waals surface area contributed by atoms with Crippen molar-refractivity contribution in [2.24, 2.45) is 0 Å². The smallest absolute Gasteiger partial charge is 0.372 e. The van der Waals surface area contributed by atoms with E-state index < -0.39 is 12.8 Å². The molecule has 2 atom stereocenters. The molecule has 1 aliphatic carbocycles. The molecule has 18 heavy (non-hydrogen) atoms. The Bertz CT molecular complexity index is 238. The Morgan fingerprint density at radius 3 is 2.56 bits per heavy atom. The molecule has 0 radical (unpaired) electrons. The highest BCUT2D eigenvalue weighted by molar-refractivity contribution is 9.09. The van der Waals surface area contributed by atoms with Gasteiger partial charge in [0.15, 0.2) is 0 Å². The van der Waals surface area contributed by atoms with E-state index in [0.717, 1.165) is 13.0 Å². The highest BCUT2D eigenvalue weighted by Crippen LogP contribution is 2.27. The number of rotatable bonds is 6. The summed E-state index contributed by atoms with van der Waals surface area (Å²) in [6.45, 7) is -0.185. The lowest BCUT2D eigenvalue weighted by Crippen LogP contribution is -2.41. The lowest BCUT2D eigenvalue weighted by Gasteiger charge is -2.35. The lowest BCUT2D eigenvalue weighted by atomic mass is 9.94. The second-order valence-electron chi connectivity index (χ2n) is 4.87. The molecule has 0 aromatic carbocycles. The van der Waals surface area contributed by atoms with Crippen LogP contribution in [0, 0.1) is 0 Å². The predicted octanol–water partition coefficient (Wildman–Crippen LogP) is 3.59. The zero-order valence-corrected chi connectivity index (χ0v) is 12.3. The fourth-order valence-electron chi connectivity index (χ4n) is 2.33. The van der Waals surface area contributed by atoms with Crippen molar-refractivity contribution in [3.05, 3.63) is 0 Å². The van der Waals surface area contributed by atoms with Crippen LogP contribution in [0.5, 0.6) is 0 Å². The van der Waals surface area contributed by atoms with Gasteiger partial charge in [-0.05, 0) is 26.3 Å². The third kappa shape index (κ3) is 6.38. The Hall–Kier alpha value is 0.190. The first kappa shape index (κ1) is 16.2. The van der Waals surface area contributed by atoms with Crippen molar-refractivity contribution < 1.29 is 17.9 Å². The fourth-order valence-corrected chi connectivity index (χ4v) is 3.32. The SMILES string of the molecule is CN(CCCOCC(F)(F)F)C1CCCCC1Br. The summed E-state index contributed by atoms with van der Waals surface area (Å²) in [7, 11) is 2.04. The summed E-state index contributed by atoms with van der Waals surface area (Å²) >= 11 is 3.68. The molecule has 1 rings (SSSR count). The summed E-state index contributed by atoms with van der Waals surface area (Å²) in [6, 6.07) is 0.501. The van der Waals surface area contributed by atoms with Crippen molar-refractivity contribution in [1.29, 1.82) is 0 Å². The van der Waals surface area contributed by atoms with E-state index in [0.29, 0.717) is 17.3 Å². The molecule has 1 saturated carbocycles. The first-order valence-electron chi connectivity index (χ1n) is 6.39.